The van der Waals surface area contributed by atoms with Gasteiger partial charge in [0.2, 0.25) is 5.82 Å². The maximum atomic E-state index is 12.2. The Bertz CT molecular complexity index is 394. The van der Waals surface area contributed by atoms with Crippen LogP contribution in [0.25, 0.3) is 0 Å². The number of carbonyl (C=O) groups excluding carboxylic acids is 1. The molecule has 0 bridgehead atoms. The van der Waals surface area contributed by atoms with E-state index in [4.69, 9.17) is 11.6 Å². The van der Waals surface area contributed by atoms with Gasteiger partial charge in [-0.05, 0) is 25.4 Å². The van der Waals surface area contributed by atoms with Gasteiger partial charge in [0.15, 0.2) is 0 Å². The van der Waals surface area contributed by atoms with Crippen LogP contribution in [0.15, 0.2) is 0 Å². The van der Waals surface area contributed by atoms with Crippen molar-refractivity contribution in [3.63, 3.8) is 0 Å². The summed E-state index contributed by atoms with van der Waals surface area (Å²) >= 11 is 5.18. The lowest BCUT2D eigenvalue weighted by Crippen LogP contribution is -2.15. The molecule has 0 unspecified atom stereocenters. The lowest BCUT2D eigenvalue weighted by Gasteiger charge is -2.09. The highest BCUT2D eigenvalue weighted by Gasteiger charge is 2.35. The zero-order valence-electron chi connectivity index (χ0n) is 7.81. The fraction of sp³-hybridized carbons (Fsp3) is 0.375. The normalized spacial score (nSPS) is 11.6. The van der Waals surface area contributed by atoms with Gasteiger partial charge in [0, 0.05) is 0 Å². The number of alkyl halides is 3. The Balaban J connectivity index is 3.39. The van der Waals surface area contributed by atoms with Gasteiger partial charge in [-0.15, -0.1) is 0 Å². The smallest absolute Gasteiger partial charge is 0.275 e. The fourth-order valence-electron chi connectivity index (χ4n) is 1.13. The van der Waals surface area contributed by atoms with Crippen molar-refractivity contribution < 1.29 is 18.0 Å². The van der Waals surface area contributed by atoms with Crippen LogP contribution < -0.4 is 0 Å². The Morgan fingerprint density at radius 1 is 1.20 bits per heavy atom. The number of aromatic nitrogens is 2. The van der Waals surface area contributed by atoms with Gasteiger partial charge < -0.3 is 0 Å². The van der Waals surface area contributed by atoms with Crippen LogP contribution in [-0.4, -0.2) is 15.2 Å². The number of hydrogen-bond acceptors (Lipinski definition) is 3. The van der Waals surface area contributed by atoms with E-state index in [2.05, 4.69) is 9.97 Å². The quantitative estimate of drug-likeness (QED) is 0.706. The van der Waals surface area contributed by atoms with Crippen molar-refractivity contribution in [2.45, 2.75) is 20.0 Å². The van der Waals surface area contributed by atoms with E-state index in [0.717, 1.165) is 0 Å². The molecule has 0 aliphatic rings. The van der Waals surface area contributed by atoms with E-state index in [-0.39, 0.29) is 17.0 Å². The number of nitrogens with zero attached hydrogens (tertiary/aromatic N) is 2. The van der Waals surface area contributed by atoms with E-state index in [1.54, 1.807) is 0 Å². The van der Waals surface area contributed by atoms with Crippen molar-refractivity contribution in [1.29, 1.82) is 0 Å². The van der Waals surface area contributed by atoms with Crippen molar-refractivity contribution in [3.8, 4) is 0 Å². The molecule has 1 heterocycles. The van der Waals surface area contributed by atoms with Crippen LogP contribution in [0.2, 0.25) is 0 Å². The second kappa shape index (κ2) is 3.77. The van der Waals surface area contributed by atoms with Crippen molar-refractivity contribution >= 4 is 16.8 Å². The summed E-state index contributed by atoms with van der Waals surface area (Å²) in [7, 11) is 0. The summed E-state index contributed by atoms with van der Waals surface area (Å²) in [4.78, 5) is 17.2. The summed E-state index contributed by atoms with van der Waals surface area (Å²) in [6.45, 7) is 2.55. The van der Waals surface area contributed by atoms with Gasteiger partial charge in [-0.1, -0.05) is 0 Å². The maximum Gasteiger partial charge on any atom is 0.451 e. The number of halogens is 4. The molecular formula is C8H6ClF3N2O. The van der Waals surface area contributed by atoms with E-state index in [9.17, 15) is 18.0 Å². The Labute approximate surface area is 88.3 Å². The highest BCUT2D eigenvalue weighted by molar-refractivity contribution is 6.68. The largest absolute Gasteiger partial charge is 0.451 e. The van der Waals surface area contributed by atoms with Gasteiger partial charge in [-0.2, -0.15) is 13.2 Å². The van der Waals surface area contributed by atoms with E-state index < -0.39 is 17.2 Å². The molecule has 0 atom stereocenters. The standard InChI is InChI=1S/C8H6ClF3N2O/c1-3-5(6(9)15)4(2)14-7(13-3)8(10,11)12/h1-2H3. The zero-order chi connectivity index (χ0) is 11.8. The van der Waals surface area contributed by atoms with Crippen molar-refractivity contribution in [3.05, 3.63) is 22.8 Å². The summed E-state index contributed by atoms with van der Waals surface area (Å²) in [6.07, 6.45) is -4.62. The lowest BCUT2D eigenvalue weighted by molar-refractivity contribution is -0.145. The van der Waals surface area contributed by atoms with E-state index >= 15 is 0 Å². The second-order valence-electron chi connectivity index (χ2n) is 2.86. The van der Waals surface area contributed by atoms with E-state index in [0.29, 0.717) is 0 Å². The monoisotopic (exact) mass is 238 g/mol. The fourth-order valence-corrected chi connectivity index (χ4v) is 1.40. The molecule has 15 heavy (non-hydrogen) atoms. The minimum absolute atomic E-state index is 0.0742. The first kappa shape index (κ1) is 11.9. The van der Waals surface area contributed by atoms with Gasteiger partial charge in [-0.3, -0.25) is 4.79 Å². The molecule has 0 radical (unpaired) electrons. The second-order valence-corrected chi connectivity index (χ2v) is 3.21. The third kappa shape index (κ3) is 2.44. The van der Waals surface area contributed by atoms with Crippen LogP contribution in [-0.2, 0) is 6.18 Å². The van der Waals surface area contributed by atoms with Gasteiger partial charge >= 0.3 is 6.18 Å². The molecule has 0 spiro atoms. The molecular weight excluding hydrogens is 233 g/mol. The summed E-state index contributed by atoms with van der Waals surface area (Å²) in [6, 6.07) is 0. The first-order valence-electron chi connectivity index (χ1n) is 3.85. The predicted molar refractivity (Wildman–Crippen MR) is 46.7 cm³/mol. The van der Waals surface area contributed by atoms with Crippen LogP contribution >= 0.6 is 11.6 Å². The molecule has 0 fully saturated rings. The molecule has 0 saturated heterocycles. The molecule has 7 heteroatoms. The molecule has 0 amide bonds. The van der Waals surface area contributed by atoms with Crippen LogP contribution in [0.1, 0.15) is 27.6 Å². The van der Waals surface area contributed by atoms with E-state index in [1.807, 2.05) is 0 Å². The molecule has 0 aliphatic carbocycles. The highest BCUT2D eigenvalue weighted by Crippen LogP contribution is 2.27. The van der Waals surface area contributed by atoms with Crippen molar-refractivity contribution in [2.24, 2.45) is 0 Å². The average Bonchev–Trinajstić information content (AvgIpc) is 1.99. The molecule has 0 N–H and O–H groups in total. The van der Waals surface area contributed by atoms with Crippen LogP contribution in [0.5, 0.6) is 0 Å². The zero-order valence-corrected chi connectivity index (χ0v) is 8.57. The summed E-state index contributed by atoms with van der Waals surface area (Å²) in [5.74, 6) is -1.26. The summed E-state index contributed by atoms with van der Waals surface area (Å²) in [5.41, 5.74) is -0.227. The van der Waals surface area contributed by atoms with Crippen molar-refractivity contribution in [2.75, 3.05) is 0 Å². The minimum Gasteiger partial charge on any atom is -0.275 e. The maximum absolute atomic E-state index is 12.2. The minimum atomic E-state index is -4.62. The lowest BCUT2D eigenvalue weighted by atomic mass is 10.2. The molecule has 1 rings (SSSR count). The van der Waals surface area contributed by atoms with Crippen LogP contribution in [0, 0.1) is 13.8 Å². The first-order chi connectivity index (χ1) is 6.73. The van der Waals surface area contributed by atoms with Crippen LogP contribution in [0.3, 0.4) is 0 Å². The van der Waals surface area contributed by atoms with Gasteiger partial charge in [0.25, 0.3) is 5.24 Å². The molecule has 0 aliphatic heterocycles. The first-order valence-corrected chi connectivity index (χ1v) is 4.23. The van der Waals surface area contributed by atoms with Gasteiger partial charge in [0.05, 0.1) is 17.0 Å². The average molecular weight is 239 g/mol. The van der Waals surface area contributed by atoms with Crippen molar-refractivity contribution in [1.82, 2.24) is 9.97 Å². The van der Waals surface area contributed by atoms with Crippen LogP contribution in [0.4, 0.5) is 13.2 Å². The number of aryl methyl sites for hydroxylation is 2. The Kier molecular flexibility index (Phi) is 2.99. The van der Waals surface area contributed by atoms with Gasteiger partial charge in [-0.25, -0.2) is 9.97 Å². The molecule has 82 valence electrons. The molecule has 0 saturated carbocycles. The summed E-state index contributed by atoms with van der Waals surface area (Å²) in [5, 5.41) is -0.862. The Hall–Kier alpha value is -1.17. The van der Waals surface area contributed by atoms with E-state index in [1.165, 1.54) is 13.8 Å². The summed E-state index contributed by atoms with van der Waals surface area (Å²) < 4.78 is 36.7. The predicted octanol–water partition coefficient (Wildman–Crippen LogP) is 2.49. The SMILES string of the molecule is Cc1nc(C(F)(F)F)nc(C)c1C(=O)Cl. The van der Waals surface area contributed by atoms with Gasteiger partial charge in [0.1, 0.15) is 0 Å². The highest BCUT2D eigenvalue weighted by atomic mass is 35.5. The number of rotatable bonds is 1. The Morgan fingerprint density at radius 3 is 1.87 bits per heavy atom. The number of carbonyl (C=O) groups is 1. The molecule has 0 aromatic carbocycles. The third-order valence-electron chi connectivity index (χ3n) is 1.72. The topological polar surface area (TPSA) is 42.9 Å². The molecule has 1 aromatic heterocycles. The molecule has 1 aromatic rings. The molecule has 3 nitrogen and oxygen atoms in total. The third-order valence-corrected chi connectivity index (χ3v) is 1.91. The number of hydrogen-bond donors (Lipinski definition) is 0. The Morgan fingerprint density at radius 2 is 1.60 bits per heavy atom.